The van der Waals surface area contributed by atoms with Gasteiger partial charge < -0.3 is 9.84 Å². The minimum atomic E-state index is -0.423. The molecule has 1 aliphatic rings. The average Bonchev–Trinajstić information content (AvgIpc) is 2.40. The molecule has 19 heavy (non-hydrogen) atoms. The quantitative estimate of drug-likeness (QED) is 0.842. The summed E-state index contributed by atoms with van der Waals surface area (Å²) in [6.45, 7) is 3.61. The van der Waals surface area contributed by atoms with E-state index in [-0.39, 0.29) is 0 Å². The van der Waals surface area contributed by atoms with Crippen molar-refractivity contribution in [2.45, 2.75) is 57.7 Å². The zero-order chi connectivity index (χ0) is 13.6. The van der Waals surface area contributed by atoms with Crippen molar-refractivity contribution in [1.29, 1.82) is 0 Å². The summed E-state index contributed by atoms with van der Waals surface area (Å²) in [4.78, 5) is 0. The highest BCUT2D eigenvalue weighted by atomic mass is 16.5. The zero-order valence-corrected chi connectivity index (χ0v) is 12.0. The third kappa shape index (κ3) is 4.63. The lowest BCUT2D eigenvalue weighted by atomic mass is 9.76. The highest BCUT2D eigenvalue weighted by Crippen LogP contribution is 2.35. The standard InChI is InChI=1S/C17H26O2/c1-2-10-17(18)11-6-9-16(12-17)14-19-13-15-7-4-3-5-8-15/h3-5,7-8,16,18H,2,6,9-14H2,1H3/t16-,17?/m0/s1. The monoisotopic (exact) mass is 262 g/mol. The first-order valence-corrected chi connectivity index (χ1v) is 7.56. The molecule has 1 unspecified atom stereocenters. The van der Waals surface area contributed by atoms with Gasteiger partial charge in [-0.15, -0.1) is 0 Å². The maximum atomic E-state index is 10.5. The first kappa shape index (κ1) is 14.5. The summed E-state index contributed by atoms with van der Waals surface area (Å²) in [5, 5.41) is 10.5. The van der Waals surface area contributed by atoms with Crippen LogP contribution in [0.4, 0.5) is 0 Å². The molecular formula is C17H26O2. The van der Waals surface area contributed by atoms with Crippen LogP contribution in [0.3, 0.4) is 0 Å². The van der Waals surface area contributed by atoms with Gasteiger partial charge in [0.05, 0.1) is 12.2 Å². The van der Waals surface area contributed by atoms with Crippen molar-refractivity contribution < 1.29 is 9.84 Å². The molecule has 0 saturated heterocycles. The van der Waals surface area contributed by atoms with E-state index in [2.05, 4.69) is 19.1 Å². The molecule has 1 fully saturated rings. The van der Waals surface area contributed by atoms with Gasteiger partial charge in [0.2, 0.25) is 0 Å². The molecule has 1 aromatic carbocycles. The van der Waals surface area contributed by atoms with Crippen LogP contribution >= 0.6 is 0 Å². The van der Waals surface area contributed by atoms with Crippen LogP contribution in [0, 0.1) is 5.92 Å². The van der Waals surface area contributed by atoms with Gasteiger partial charge in [-0.25, -0.2) is 0 Å². The normalized spacial score (nSPS) is 27.4. The van der Waals surface area contributed by atoms with E-state index in [4.69, 9.17) is 4.74 Å². The van der Waals surface area contributed by atoms with Crippen LogP contribution in [0.25, 0.3) is 0 Å². The van der Waals surface area contributed by atoms with Gasteiger partial charge >= 0.3 is 0 Å². The molecule has 1 saturated carbocycles. The Hall–Kier alpha value is -0.860. The fraction of sp³-hybridized carbons (Fsp3) is 0.647. The van der Waals surface area contributed by atoms with Crippen LogP contribution in [-0.4, -0.2) is 17.3 Å². The van der Waals surface area contributed by atoms with Gasteiger partial charge in [-0.05, 0) is 37.2 Å². The SMILES string of the molecule is CCCC1(O)CCC[C@H](COCc2ccccc2)C1. The molecule has 0 radical (unpaired) electrons. The molecule has 1 aromatic rings. The second kappa shape index (κ2) is 7.06. The van der Waals surface area contributed by atoms with Crippen LogP contribution in [0.2, 0.25) is 0 Å². The van der Waals surface area contributed by atoms with Crippen molar-refractivity contribution in [2.75, 3.05) is 6.61 Å². The molecule has 0 aliphatic heterocycles. The van der Waals surface area contributed by atoms with Gasteiger partial charge in [-0.1, -0.05) is 50.1 Å². The second-order valence-electron chi connectivity index (χ2n) is 5.94. The molecule has 2 atom stereocenters. The molecule has 0 bridgehead atoms. The lowest BCUT2D eigenvalue weighted by molar-refractivity contribution is -0.0433. The Balaban J connectivity index is 1.74. The van der Waals surface area contributed by atoms with Gasteiger partial charge in [0.1, 0.15) is 0 Å². The predicted molar refractivity (Wildman–Crippen MR) is 77.9 cm³/mol. The molecule has 0 spiro atoms. The molecule has 1 aliphatic carbocycles. The maximum Gasteiger partial charge on any atom is 0.0717 e. The van der Waals surface area contributed by atoms with Crippen LogP contribution < -0.4 is 0 Å². The first-order valence-electron chi connectivity index (χ1n) is 7.56. The Bertz CT molecular complexity index is 359. The van der Waals surface area contributed by atoms with Gasteiger partial charge in [0.25, 0.3) is 0 Å². The number of hydrogen-bond donors (Lipinski definition) is 1. The maximum absolute atomic E-state index is 10.5. The van der Waals surface area contributed by atoms with Crippen LogP contribution in [0.5, 0.6) is 0 Å². The lowest BCUT2D eigenvalue weighted by Gasteiger charge is -2.36. The minimum Gasteiger partial charge on any atom is -0.390 e. The van der Waals surface area contributed by atoms with Crippen molar-refractivity contribution in [3.63, 3.8) is 0 Å². The third-order valence-electron chi connectivity index (χ3n) is 4.10. The minimum absolute atomic E-state index is 0.423. The Labute approximate surface area is 116 Å². The highest BCUT2D eigenvalue weighted by molar-refractivity contribution is 5.13. The van der Waals surface area contributed by atoms with E-state index in [1.807, 2.05) is 18.2 Å². The van der Waals surface area contributed by atoms with Crippen LogP contribution in [0.1, 0.15) is 51.0 Å². The van der Waals surface area contributed by atoms with E-state index < -0.39 is 5.60 Å². The Morgan fingerprint density at radius 1 is 1.32 bits per heavy atom. The van der Waals surface area contributed by atoms with Crippen molar-refractivity contribution in [3.8, 4) is 0 Å². The first-order chi connectivity index (χ1) is 9.22. The number of benzene rings is 1. The molecule has 2 rings (SSSR count). The molecule has 1 N–H and O–H groups in total. The van der Waals surface area contributed by atoms with Crippen LogP contribution in [0.15, 0.2) is 30.3 Å². The number of hydrogen-bond acceptors (Lipinski definition) is 2. The fourth-order valence-corrected chi connectivity index (χ4v) is 3.21. The topological polar surface area (TPSA) is 29.5 Å². The zero-order valence-electron chi connectivity index (χ0n) is 12.0. The molecular weight excluding hydrogens is 236 g/mol. The number of aliphatic hydroxyl groups is 1. The summed E-state index contributed by atoms with van der Waals surface area (Å²) in [6.07, 6.45) is 6.21. The van der Waals surface area contributed by atoms with Gasteiger partial charge in [-0.3, -0.25) is 0 Å². The molecule has 0 heterocycles. The largest absolute Gasteiger partial charge is 0.390 e. The average molecular weight is 262 g/mol. The molecule has 0 amide bonds. The van der Waals surface area contributed by atoms with Gasteiger partial charge in [-0.2, -0.15) is 0 Å². The fourth-order valence-electron chi connectivity index (χ4n) is 3.21. The Morgan fingerprint density at radius 2 is 2.11 bits per heavy atom. The third-order valence-corrected chi connectivity index (χ3v) is 4.10. The lowest BCUT2D eigenvalue weighted by Crippen LogP contribution is -2.36. The predicted octanol–water partition coefficient (Wildman–Crippen LogP) is 3.92. The van der Waals surface area contributed by atoms with Gasteiger partial charge in [0.15, 0.2) is 0 Å². The van der Waals surface area contributed by atoms with Crippen molar-refractivity contribution >= 4 is 0 Å². The smallest absolute Gasteiger partial charge is 0.0717 e. The summed E-state index contributed by atoms with van der Waals surface area (Å²) in [7, 11) is 0. The summed E-state index contributed by atoms with van der Waals surface area (Å²) in [5.74, 6) is 0.522. The van der Waals surface area contributed by atoms with Crippen molar-refractivity contribution in [3.05, 3.63) is 35.9 Å². The van der Waals surface area contributed by atoms with E-state index in [1.54, 1.807) is 0 Å². The van der Waals surface area contributed by atoms with E-state index in [9.17, 15) is 5.11 Å². The summed E-state index contributed by atoms with van der Waals surface area (Å²) in [6, 6.07) is 10.3. The van der Waals surface area contributed by atoms with Crippen molar-refractivity contribution in [1.82, 2.24) is 0 Å². The van der Waals surface area contributed by atoms with E-state index in [1.165, 1.54) is 12.0 Å². The van der Waals surface area contributed by atoms with E-state index >= 15 is 0 Å². The van der Waals surface area contributed by atoms with E-state index in [0.717, 1.165) is 38.7 Å². The highest BCUT2D eigenvalue weighted by Gasteiger charge is 2.33. The number of rotatable bonds is 6. The summed E-state index contributed by atoms with van der Waals surface area (Å²) >= 11 is 0. The molecule has 2 nitrogen and oxygen atoms in total. The summed E-state index contributed by atoms with van der Waals surface area (Å²) < 4.78 is 5.82. The number of ether oxygens (including phenoxy) is 1. The van der Waals surface area contributed by atoms with Crippen molar-refractivity contribution in [2.24, 2.45) is 5.92 Å². The Kier molecular flexibility index (Phi) is 5.41. The second-order valence-corrected chi connectivity index (χ2v) is 5.94. The molecule has 0 aromatic heterocycles. The van der Waals surface area contributed by atoms with E-state index in [0.29, 0.717) is 12.5 Å². The molecule has 106 valence electrons. The molecule has 2 heteroatoms. The van der Waals surface area contributed by atoms with Gasteiger partial charge in [0, 0.05) is 6.61 Å². The summed E-state index contributed by atoms with van der Waals surface area (Å²) in [5.41, 5.74) is 0.801. The van der Waals surface area contributed by atoms with Crippen LogP contribution in [-0.2, 0) is 11.3 Å². The Morgan fingerprint density at radius 3 is 2.84 bits per heavy atom.